The minimum Gasteiger partial charge on any atom is -0.492 e. The molecule has 1 saturated heterocycles. The van der Waals surface area contributed by atoms with Crippen LogP contribution in [0.5, 0.6) is 5.75 Å². The minimum absolute atomic E-state index is 0.0794. The summed E-state index contributed by atoms with van der Waals surface area (Å²) in [6.45, 7) is 3.19. The van der Waals surface area contributed by atoms with Crippen LogP contribution in [-0.4, -0.2) is 78.9 Å². The first kappa shape index (κ1) is 22.2. The number of carboxylic acids is 2. The number of aliphatic carboxylic acids is 2. The highest BCUT2D eigenvalue weighted by molar-refractivity contribution is 6.33. The van der Waals surface area contributed by atoms with Gasteiger partial charge in [0.05, 0.1) is 39.8 Å². The zero-order valence-corrected chi connectivity index (χ0v) is 19.0. The highest BCUT2D eigenvalue weighted by Gasteiger charge is 2.27. The molecule has 2 aliphatic rings. The molecule has 33 heavy (non-hydrogen) atoms. The molecule has 1 aromatic carbocycles. The third-order valence-electron chi connectivity index (χ3n) is 5.41. The van der Waals surface area contributed by atoms with Gasteiger partial charge in [-0.2, -0.15) is 0 Å². The molecule has 10 nitrogen and oxygen atoms in total. The summed E-state index contributed by atoms with van der Waals surface area (Å²) in [7, 11) is -2.33. The molecule has 0 aliphatic carbocycles. The first-order valence-electron chi connectivity index (χ1n) is 12.2. The molecular weight excluding hydrogens is 455 g/mol. The number of anilines is 1. The van der Waals surface area contributed by atoms with Gasteiger partial charge in [0.15, 0.2) is 0 Å². The van der Waals surface area contributed by atoms with Crippen LogP contribution < -0.4 is 15.8 Å². The fourth-order valence-corrected chi connectivity index (χ4v) is 3.90. The number of methoxy groups -OCH3 is 1. The molecule has 2 aliphatic heterocycles. The van der Waals surface area contributed by atoms with Crippen molar-refractivity contribution >= 4 is 35.1 Å². The van der Waals surface area contributed by atoms with Crippen LogP contribution in [-0.2, 0) is 20.7 Å². The van der Waals surface area contributed by atoms with E-state index in [1.165, 1.54) is 0 Å². The number of carbonyl (C=O) groups excluding carboxylic acids is 1. The molecule has 0 saturated carbocycles. The Morgan fingerprint density at radius 3 is 2.58 bits per heavy atom. The number of ether oxygens (including phenoxy) is 2. The first-order valence-corrected chi connectivity index (χ1v) is 11.1. The van der Waals surface area contributed by atoms with Crippen LogP contribution in [0, 0.1) is 0 Å². The largest absolute Gasteiger partial charge is 0.492 e. The van der Waals surface area contributed by atoms with E-state index in [4.69, 9.17) is 41.1 Å². The summed E-state index contributed by atoms with van der Waals surface area (Å²) >= 11 is 6.18. The van der Waals surface area contributed by atoms with Crippen LogP contribution in [0.1, 0.15) is 52.1 Å². The van der Waals surface area contributed by atoms with Crippen LogP contribution in [0.15, 0.2) is 6.07 Å². The number of rotatable bonds is 9. The van der Waals surface area contributed by atoms with Gasteiger partial charge >= 0.3 is 11.9 Å². The molecule has 1 fully saturated rings. The molecule has 3 rings (SSSR count). The standard InChI is InChI=1S/C18H26ClN3O3.C4H6O4/c1-24-9-2-6-22-7-3-12(4-8-22)21-18(23)14-11-15(19)16(20)13-5-10-25-17(13)14;5-3(6)1-2-4(7)8/h11-12H,2-10,20H2,1H3,(H,21,23);1-2H2,(H,5,6)(H,7,8)/i1+1D3;. The van der Waals surface area contributed by atoms with Crippen LogP contribution in [0.25, 0.3) is 0 Å². The maximum absolute atomic E-state index is 12.7. The van der Waals surface area contributed by atoms with Gasteiger partial charge in [-0.15, -0.1) is 0 Å². The van der Waals surface area contributed by atoms with Crippen molar-refractivity contribution in [1.29, 1.82) is 0 Å². The molecule has 11 heteroatoms. The molecule has 5 N–H and O–H groups in total. The van der Waals surface area contributed by atoms with Crippen molar-refractivity contribution in [3.05, 3.63) is 22.2 Å². The maximum Gasteiger partial charge on any atom is 0.303 e. The normalized spacial score (nSPS) is 17.4. The van der Waals surface area contributed by atoms with Gasteiger partial charge in [-0.05, 0) is 25.3 Å². The number of hydrogen-bond acceptors (Lipinski definition) is 7. The second-order valence-corrected chi connectivity index (χ2v) is 8.21. The highest BCUT2D eigenvalue weighted by Crippen LogP contribution is 2.38. The zero-order chi connectivity index (χ0) is 26.9. The van der Waals surface area contributed by atoms with Crippen molar-refractivity contribution in [3.63, 3.8) is 0 Å². The Labute approximate surface area is 202 Å². The summed E-state index contributed by atoms with van der Waals surface area (Å²) in [5.74, 6) is -1.80. The van der Waals surface area contributed by atoms with Crippen molar-refractivity contribution in [2.24, 2.45) is 0 Å². The van der Waals surface area contributed by atoms with Crippen molar-refractivity contribution in [1.82, 2.24) is 10.2 Å². The highest BCUT2D eigenvalue weighted by atomic mass is 35.5. The topological polar surface area (TPSA) is 151 Å². The Bertz CT molecular complexity index is 924. The van der Waals surface area contributed by atoms with Crippen molar-refractivity contribution in [2.75, 3.05) is 45.6 Å². The number of likely N-dealkylation sites (tertiary alicyclic amines) is 1. The number of carbonyl (C=O) groups is 3. The van der Waals surface area contributed by atoms with E-state index >= 15 is 0 Å². The summed E-state index contributed by atoms with van der Waals surface area (Å²) in [5.41, 5.74) is 7.73. The van der Waals surface area contributed by atoms with E-state index in [0.717, 1.165) is 38.0 Å². The lowest BCUT2D eigenvalue weighted by Gasteiger charge is -2.32. The molecule has 184 valence electrons. The number of piperidine rings is 1. The Morgan fingerprint density at radius 1 is 1.30 bits per heavy atom. The van der Waals surface area contributed by atoms with Gasteiger partial charge in [0, 0.05) is 51.3 Å². The zero-order valence-electron chi connectivity index (χ0n) is 21.3. The van der Waals surface area contributed by atoms with Gasteiger partial charge in [-0.25, -0.2) is 0 Å². The van der Waals surface area contributed by atoms with E-state index in [9.17, 15) is 14.4 Å². The van der Waals surface area contributed by atoms with E-state index in [2.05, 4.69) is 10.2 Å². The number of hydrogen-bond donors (Lipinski definition) is 4. The lowest BCUT2D eigenvalue weighted by atomic mass is 10.0. The molecule has 0 atom stereocenters. The summed E-state index contributed by atoms with van der Waals surface area (Å²) in [6, 6.07) is 1.66. The maximum atomic E-state index is 12.7. The van der Waals surface area contributed by atoms with Crippen molar-refractivity contribution in [2.45, 2.75) is 44.6 Å². The van der Waals surface area contributed by atoms with Crippen molar-refractivity contribution in [3.8, 4) is 5.75 Å². The number of benzene rings is 1. The first-order chi connectivity index (χ1) is 16.9. The number of amides is 1. The molecule has 1 amide bonds. The third-order valence-corrected chi connectivity index (χ3v) is 5.72. The van der Waals surface area contributed by atoms with Gasteiger partial charge in [0.2, 0.25) is 0 Å². The average Bonchev–Trinajstić information content (AvgIpc) is 3.29. The molecule has 0 radical (unpaired) electrons. The Hall–Kier alpha value is -2.56. The molecule has 0 spiro atoms. The quantitative estimate of drug-likeness (QED) is 0.232. The SMILES string of the molecule is O=C(O)CCC(=O)O.[2H][13C]([2H])([2H])OCCCN1CCC(NC(=O)c2cc(Cl)c(N)c3c2OCC3)CC1. The summed E-state index contributed by atoms with van der Waals surface area (Å²) < 4.78 is 31.5. The second kappa shape index (κ2) is 13.2. The molecule has 0 unspecified atom stereocenters. The van der Waals surface area contributed by atoms with Gasteiger partial charge in [-0.1, -0.05) is 11.6 Å². The summed E-state index contributed by atoms with van der Waals surface area (Å²) in [4.78, 5) is 34.3. The molecule has 2 heterocycles. The van der Waals surface area contributed by atoms with Crippen molar-refractivity contribution < 1.29 is 38.2 Å². The number of halogens is 1. The van der Waals surface area contributed by atoms with Gasteiger partial charge in [-0.3, -0.25) is 14.4 Å². The molecule has 0 bridgehead atoms. The summed E-state index contributed by atoms with van der Waals surface area (Å²) in [5, 5.41) is 19.3. The number of nitrogen functional groups attached to an aromatic ring is 1. The van der Waals surface area contributed by atoms with Crippen LogP contribution in [0.4, 0.5) is 5.69 Å². The number of fused-ring (bicyclic) bond motifs is 1. The number of nitrogens with zero attached hydrogens (tertiary/aromatic N) is 1. The smallest absolute Gasteiger partial charge is 0.303 e. The predicted octanol–water partition coefficient (Wildman–Crippen LogP) is 2.02. The lowest BCUT2D eigenvalue weighted by Crippen LogP contribution is -2.45. The number of nitrogens with one attached hydrogen (secondary N) is 1. The molecule has 0 aromatic heterocycles. The fraction of sp³-hybridized carbons (Fsp3) is 0.591. The number of nitrogens with two attached hydrogens (primary N) is 1. The molecular formula is C22H32ClN3O7. The van der Waals surface area contributed by atoms with E-state index in [1.54, 1.807) is 6.07 Å². The Kier molecular flexibility index (Phi) is 8.91. The second-order valence-electron chi connectivity index (χ2n) is 7.80. The molecule has 1 aromatic rings. The Morgan fingerprint density at radius 2 is 1.97 bits per heavy atom. The van der Waals surface area contributed by atoms with Gasteiger partial charge < -0.3 is 35.6 Å². The average molecular weight is 490 g/mol. The predicted molar refractivity (Wildman–Crippen MR) is 123 cm³/mol. The van der Waals surface area contributed by atoms with Crippen LogP contribution >= 0.6 is 11.6 Å². The van der Waals surface area contributed by atoms with Gasteiger partial charge in [0.25, 0.3) is 5.91 Å². The van der Waals surface area contributed by atoms with Crippen LogP contribution in [0.3, 0.4) is 0 Å². The lowest BCUT2D eigenvalue weighted by molar-refractivity contribution is -0.143. The van der Waals surface area contributed by atoms with Gasteiger partial charge in [0.1, 0.15) is 5.75 Å². The van der Waals surface area contributed by atoms with E-state index < -0.39 is 19.0 Å². The van der Waals surface area contributed by atoms with Crippen LogP contribution in [0.2, 0.25) is 5.02 Å². The van der Waals surface area contributed by atoms with E-state index in [1.807, 2.05) is 0 Å². The Balaban J connectivity index is 0.000000493. The minimum atomic E-state index is -2.33. The summed E-state index contributed by atoms with van der Waals surface area (Å²) in [6.07, 6.45) is 2.40. The van der Waals surface area contributed by atoms with E-state index in [-0.39, 0.29) is 31.4 Å². The monoisotopic (exact) mass is 489 g/mol. The fourth-order valence-electron chi connectivity index (χ4n) is 3.67. The van der Waals surface area contributed by atoms with E-state index in [0.29, 0.717) is 41.5 Å². The third kappa shape index (κ3) is 8.38. The number of carboxylic acid groups (broad SMARTS) is 2.